The van der Waals surface area contributed by atoms with E-state index in [4.69, 9.17) is 9.47 Å². The third-order valence-electron chi connectivity index (χ3n) is 9.70. The van der Waals surface area contributed by atoms with Crippen LogP contribution in [0.4, 0.5) is 0 Å². The second-order valence-corrected chi connectivity index (χ2v) is 11.3. The SMILES string of the molecule is C=C1C[C@@H]2[C@H]3CC(C)=C4C[C@@H](OC(C)=O)CC[C@]4(C)[C@@H]3CC[C@@]2(C)[C@]1(OC(C)=O)C(C)=O. The van der Waals surface area contributed by atoms with Gasteiger partial charge in [-0.3, -0.25) is 14.4 Å². The summed E-state index contributed by atoms with van der Waals surface area (Å²) in [7, 11) is 0. The molecule has 7 atom stereocenters. The molecular formula is C27H38O5. The Balaban J connectivity index is 1.72. The van der Waals surface area contributed by atoms with E-state index in [2.05, 4.69) is 27.4 Å². The number of fused-ring (bicyclic) bond motifs is 5. The maximum atomic E-state index is 13.0. The van der Waals surface area contributed by atoms with E-state index in [9.17, 15) is 14.4 Å². The van der Waals surface area contributed by atoms with Crippen molar-refractivity contribution in [1.82, 2.24) is 0 Å². The van der Waals surface area contributed by atoms with Crippen LogP contribution in [0.3, 0.4) is 0 Å². The largest absolute Gasteiger partial charge is 0.462 e. The minimum atomic E-state index is -1.21. The molecular weight excluding hydrogens is 404 g/mol. The topological polar surface area (TPSA) is 69.7 Å². The summed E-state index contributed by atoms with van der Waals surface area (Å²) >= 11 is 0. The van der Waals surface area contributed by atoms with Gasteiger partial charge in [0.15, 0.2) is 11.4 Å². The molecule has 4 aliphatic carbocycles. The summed E-state index contributed by atoms with van der Waals surface area (Å²) in [5, 5.41) is 0. The number of carbonyl (C=O) groups excluding carboxylic acids is 3. The first-order valence-electron chi connectivity index (χ1n) is 12.1. The first-order chi connectivity index (χ1) is 14.9. The van der Waals surface area contributed by atoms with Gasteiger partial charge in [0, 0.05) is 25.7 Å². The fourth-order valence-electron chi connectivity index (χ4n) is 8.49. The van der Waals surface area contributed by atoms with E-state index in [0.29, 0.717) is 11.8 Å². The Morgan fingerprint density at radius 3 is 2.22 bits per heavy atom. The Kier molecular flexibility index (Phi) is 5.50. The molecule has 0 aromatic heterocycles. The molecule has 4 rings (SSSR count). The Labute approximate surface area is 192 Å². The van der Waals surface area contributed by atoms with E-state index in [-0.39, 0.29) is 29.2 Å². The first-order valence-corrected chi connectivity index (χ1v) is 12.1. The fraction of sp³-hybridized carbons (Fsp3) is 0.741. The molecule has 0 aromatic carbocycles. The summed E-state index contributed by atoms with van der Waals surface area (Å²) in [6.45, 7) is 15.5. The number of hydrogen-bond acceptors (Lipinski definition) is 5. The molecule has 0 saturated heterocycles. The number of ether oxygens (including phenoxy) is 2. The van der Waals surface area contributed by atoms with Crippen LogP contribution < -0.4 is 0 Å². The van der Waals surface area contributed by atoms with Crippen LogP contribution >= 0.6 is 0 Å². The van der Waals surface area contributed by atoms with Crippen LogP contribution in [-0.2, 0) is 23.9 Å². The number of Topliss-reactive ketones (excluding diaryl/α,β-unsaturated/α-hetero) is 1. The highest BCUT2D eigenvalue weighted by molar-refractivity contribution is 5.92. The zero-order valence-corrected chi connectivity index (χ0v) is 20.5. The molecule has 32 heavy (non-hydrogen) atoms. The molecule has 5 heteroatoms. The van der Waals surface area contributed by atoms with Crippen LogP contribution in [0.2, 0.25) is 0 Å². The molecule has 3 fully saturated rings. The Morgan fingerprint density at radius 2 is 1.62 bits per heavy atom. The highest BCUT2D eigenvalue weighted by atomic mass is 16.6. The summed E-state index contributed by atoms with van der Waals surface area (Å²) in [5.41, 5.74) is 2.12. The third-order valence-corrected chi connectivity index (χ3v) is 9.70. The zero-order chi connectivity index (χ0) is 23.6. The monoisotopic (exact) mass is 442 g/mol. The highest BCUT2D eigenvalue weighted by Gasteiger charge is 2.69. The average molecular weight is 443 g/mol. The minimum Gasteiger partial charge on any atom is -0.462 e. The van der Waals surface area contributed by atoms with Crippen molar-refractivity contribution in [1.29, 1.82) is 0 Å². The smallest absolute Gasteiger partial charge is 0.303 e. The molecule has 0 unspecified atom stereocenters. The van der Waals surface area contributed by atoms with Crippen LogP contribution in [0.5, 0.6) is 0 Å². The lowest BCUT2D eigenvalue weighted by atomic mass is 9.45. The molecule has 0 amide bonds. The van der Waals surface area contributed by atoms with Crippen LogP contribution in [0, 0.1) is 28.6 Å². The molecule has 0 N–H and O–H groups in total. The van der Waals surface area contributed by atoms with Crippen molar-refractivity contribution in [2.75, 3.05) is 0 Å². The Bertz CT molecular complexity index is 915. The third kappa shape index (κ3) is 3.06. The maximum Gasteiger partial charge on any atom is 0.303 e. The number of esters is 2. The molecule has 176 valence electrons. The van der Waals surface area contributed by atoms with Crippen molar-refractivity contribution in [3.05, 3.63) is 23.3 Å². The van der Waals surface area contributed by atoms with Gasteiger partial charge in [-0.1, -0.05) is 31.6 Å². The molecule has 0 aliphatic heterocycles. The van der Waals surface area contributed by atoms with Crippen molar-refractivity contribution < 1.29 is 23.9 Å². The van der Waals surface area contributed by atoms with Gasteiger partial charge in [0.05, 0.1) is 0 Å². The Hall–Kier alpha value is -1.91. The van der Waals surface area contributed by atoms with Gasteiger partial charge in [-0.2, -0.15) is 0 Å². The van der Waals surface area contributed by atoms with Crippen LogP contribution in [0.25, 0.3) is 0 Å². The molecule has 0 heterocycles. The zero-order valence-electron chi connectivity index (χ0n) is 20.5. The van der Waals surface area contributed by atoms with E-state index >= 15 is 0 Å². The number of rotatable bonds is 3. The normalized spacial score (nSPS) is 43.1. The lowest BCUT2D eigenvalue weighted by Crippen LogP contribution is -2.59. The van der Waals surface area contributed by atoms with Gasteiger partial charge >= 0.3 is 11.9 Å². The second kappa shape index (κ2) is 7.56. The van der Waals surface area contributed by atoms with Crippen molar-refractivity contribution in [3.8, 4) is 0 Å². The van der Waals surface area contributed by atoms with E-state index in [0.717, 1.165) is 50.5 Å². The van der Waals surface area contributed by atoms with E-state index < -0.39 is 17.0 Å². The maximum absolute atomic E-state index is 13.0. The average Bonchev–Trinajstić information content (AvgIpc) is 2.90. The predicted octanol–water partition coefficient (Wildman–Crippen LogP) is 5.33. The molecule has 0 spiro atoms. The van der Waals surface area contributed by atoms with Crippen LogP contribution in [0.15, 0.2) is 23.3 Å². The van der Waals surface area contributed by atoms with E-state index in [1.165, 1.54) is 25.0 Å². The van der Waals surface area contributed by atoms with Crippen molar-refractivity contribution in [2.24, 2.45) is 28.6 Å². The lowest BCUT2D eigenvalue weighted by Gasteiger charge is -2.59. The van der Waals surface area contributed by atoms with Gasteiger partial charge in [-0.25, -0.2) is 0 Å². The predicted molar refractivity (Wildman–Crippen MR) is 122 cm³/mol. The first kappa shape index (κ1) is 23.3. The van der Waals surface area contributed by atoms with Crippen molar-refractivity contribution in [3.63, 3.8) is 0 Å². The molecule has 0 aromatic rings. The van der Waals surface area contributed by atoms with Gasteiger partial charge in [-0.15, -0.1) is 0 Å². The highest BCUT2D eigenvalue weighted by Crippen LogP contribution is 2.69. The quantitative estimate of drug-likeness (QED) is 0.437. The van der Waals surface area contributed by atoms with Gasteiger partial charge < -0.3 is 9.47 Å². The van der Waals surface area contributed by atoms with Gasteiger partial charge in [0.1, 0.15) is 6.10 Å². The summed E-state index contributed by atoms with van der Waals surface area (Å²) in [6, 6.07) is 0. The van der Waals surface area contributed by atoms with Crippen LogP contribution in [0.1, 0.15) is 86.5 Å². The summed E-state index contributed by atoms with van der Waals surface area (Å²) in [6.07, 6.45) is 6.32. The van der Waals surface area contributed by atoms with E-state index in [1.54, 1.807) is 6.92 Å². The summed E-state index contributed by atoms with van der Waals surface area (Å²) in [4.78, 5) is 36.7. The van der Waals surface area contributed by atoms with Crippen LogP contribution in [-0.4, -0.2) is 29.4 Å². The van der Waals surface area contributed by atoms with Gasteiger partial charge in [0.25, 0.3) is 0 Å². The summed E-state index contributed by atoms with van der Waals surface area (Å²) in [5.74, 6) is 0.499. The molecule has 4 aliphatic rings. The van der Waals surface area contributed by atoms with Gasteiger partial charge in [0.2, 0.25) is 0 Å². The standard InChI is InChI=1S/C27H38O5/c1-15-12-21-22(25(6)10-8-20(14-23(15)25)31-18(4)29)9-11-26(7)24(21)13-16(2)27(26,17(3)28)32-19(5)30/h20-22,24H,2,8-14H2,1,3-7H3/t20-,21-,22+,24+,25+,26+,27+/m0/s1. The summed E-state index contributed by atoms with van der Waals surface area (Å²) < 4.78 is 11.5. The fourth-order valence-corrected chi connectivity index (χ4v) is 8.49. The van der Waals surface area contributed by atoms with E-state index in [1.807, 2.05) is 0 Å². The molecule has 0 radical (unpaired) electrons. The Morgan fingerprint density at radius 1 is 0.938 bits per heavy atom. The second-order valence-electron chi connectivity index (χ2n) is 11.3. The molecule has 3 saturated carbocycles. The lowest BCUT2D eigenvalue weighted by molar-refractivity contribution is -0.181. The minimum absolute atomic E-state index is 0.0171. The van der Waals surface area contributed by atoms with Crippen molar-refractivity contribution in [2.45, 2.75) is 98.2 Å². The van der Waals surface area contributed by atoms with Gasteiger partial charge in [-0.05, 0) is 81.1 Å². The number of ketones is 1. The molecule has 5 nitrogen and oxygen atoms in total. The number of allylic oxidation sites excluding steroid dienone is 1. The number of carbonyl (C=O) groups is 3. The molecule has 0 bridgehead atoms. The number of hydrogen-bond donors (Lipinski definition) is 0. The van der Waals surface area contributed by atoms with Crippen molar-refractivity contribution >= 4 is 17.7 Å².